The summed E-state index contributed by atoms with van der Waals surface area (Å²) in [6, 6.07) is 11.8. The first-order valence-corrected chi connectivity index (χ1v) is 10.5. The van der Waals surface area contributed by atoms with Crippen LogP contribution in [0.4, 0.5) is 0 Å². The Bertz CT molecular complexity index is 1030. The van der Waals surface area contributed by atoms with Crippen LogP contribution in [-0.2, 0) is 0 Å². The van der Waals surface area contributed by atoms with Gasteiger partial charge < -0.3 is 9.15 Å². The van der Waals surface area contributed by atoms with E-state index < -0.39 is 0 Å². The highest BCUT2D eigenvalue weighted by Gasteiger charge is 2.17. The Morgan fingerprint density at radius 3 is 2.46 bits per heavy atom. The van der Waals surface area contributed by atoms with E-state index >= 15 is 0 Å². The average molecular weight is 443 g/mol. The summed E-state index contributed by atoms with van der Waals surface area (Å²) in [4.78, 5) is 25.2. The van der Waals surface area contributed by atoms with Gasteiger partial charge in [-0.15, -0.1) is 0 Å². The fraction of sp³-hybridized carbons (Fsp3) is 0.304. The van der Waals surface area contributed by atoms with Crippen molar-refractivity contribution in [3.63, 3.8) is 0 Å². The van der Waals surface area contributed by atoms with Gasteiger partial charge in [-0.2, -0.15) is 0 Å². The Hall–Kier alpha value is -2.40. The average Bonchev–Trinajstić information content (AvgIpc) is 2.68. The van der Waals surface area contributed by atoms with Crippen LogP contribution >= 0.6 is 15.9 Å². The molecule has 0 amide bonds. The van der Waals surface area contributed by atoms with E-state index in [9.17, 15) is 9.59 Å². The fourth-order valence-electron chi connectivity index (χ4n) is 3.21. The van der Waals surface area contributed by atoms with Crippen LogP contribution < -0.4 is 10.2 Å². The van der Waals surface area contributed by atoms with Crippen LogP contribution in [0, 0.1) is 13.8 Å². The molecule has 0 radical (unpaired) electrons. The largest absolute Gasteiger partial charge is 0.493 e. The lowest BCUT2D eigenvalue weighted by atomic mass is 10.0. The molecule has 0 aliphatic heterocycles. The van der Waals surface area contributed by atoms with E-state index in [-0.39, 0.29) is 17.0 Å². The second-order valence-electron chi connectivity index (χ2n) is 6.84. The van der Waals surface area contributed by atoms with Gasteiger partial charge in [-0.25, -0.2) is 0 Å². The Labute approximate surface area is 172 Å². The quantitative estimate of drug-likeness (QED) is 0.259. The maximum absolute atomic E-state index is 12.9. The molecule has 146 valence electrons. The third-order valence-corrected chi connectivity index (χ3v) is 5.17. The third-order valence-electron chi connectivity index (χ3n) is 4.61. The summed E-state index contributed by atoms with van der Waals surface area (Å²) < 4.78 is 11.6. The van der Waals surface area contributed by atoms with Crippen LogP contribution in [0.5, 0.6) is 5.75 Å². The lowest BCUT2D eigenvalue weighted by Gasteiger charge is -2.14. The minimum absolute atomic E-state index is 0.0472. The number of alkyl halides is 1. The number of carbonyl (C=O) groups is 1. The van der Waals surface area contributed by atoms with Crippen molar-refractivity contribution in [2.24, 2.45) is 0 Å². The zero-order valence-electron chi connectivity index (χ0n) is 16.1. The fourth-order valence-corrected chi connectivity index (χ4v) is 3.61. The molecule has 0 saturated carbocycles. The number of carbonyl (C=O) groups excluding carboxylic acids is 1. The molecule has 1 heterocycles. The minimum atomic E-state index is -0.307. The standard InChI is InChI=1S/C23H23BrO4/c1-15-12-17(13-16(2)23(15)27-11-7-3-6-10-24)22(26)21-14-19(25)18-8-4-5-9-20(18)28-21/h4-5,8-9,12-14H,3,6-7,10-11H2,1-2H3. The molecule has 28 heavy (non-hydrogen) atoms. The van der Waals surface area contributed by atoms with Crippen LogP contribution in [-0.4, -0.2) is 17.7 Å². The molecule has 0 aliphatic carbocycles. The van der Waals surface area contributed by atoms with Gasteiger partial charge in [-0.1, -0.05) is 28.1 Å². The lowest BCUT2D eigenvalue weighted by Crippen LogP contribution is -2.09. The third kappa shape index (κ3) is 4.53. The molecule has 1 aromatic heterocycles. The molecule has 3 aromatic rings. The summed E-state index contributed by atoms with van der Waals surface area (Å²) in [5.74, 6) is 0.555. The predicted octanol–water partition coefficient (Wildman–Crippen LogP) is 5.58. The maximum Gasteiger partial charge on any atom is 0.228 e. The first-order valence-electron chi connectivity index (χ1n) is 9.39. The van der Waals surface area contributed by atoms with Gasteiger partial charge in [0.1, 0.15) is 11.3 Å². The van der Waals surface area contributed by atoms with Gasteiger partial charge in [0.25, 0.3) is 0 Å². The van der Waals surface area contributed by atoms with Crippen LogP contribution in [0.25, 0.3) is 11.0 Å². The summed E-state index contributed by atoms with van der Waals surface area (Å²) in [6.45, 7) is 4.50. The highest BCUT2D eigenvalue weighted by molar-refractivity contribution is 9.09. The van der Waals surface area contributed by atoms with E-state index in [0.717, 1.165) is 41.5 Å². The molecule has 0 bridgehead atoms. The number of unbranched alkanes of at least 4 members (excludes halogenated alkanes) is 2. The Morgan fingerprint density at radius 1 is 1.04 bits per heavy atom. The lowest BCUT2D eigenvalue weighted by molar-refractivity contribution is 0.101. The minimum Gasteiger partial charge on any atom is -0.493 e. The number of aryl methyl sites for hydroxylation is 2. The van der Waals surface area contributed by atoms with E-state index in [2.05, 4.69) is 15.9 Å². The van der Waals surface area contributed by atoms with Crippen LogP contribution in [0.1, 0.15) is 46.5 Å². The molecule has 2 aromatic carbocycles. The van der Waals surface area contributed by atoms with Crippen molar-refractivity contribution >= 4 is 32.7 Å². The SMILES string of the molecule is Cc1cc(C(=O)c2cc(=O)c3ccccc3o2)cc(C)c1OCCCCCBr. The molecule has 0 N–H and O–H groups in total. The normalized spacial score (nSPS) is 11.0. The van der Waals surface area contributed by atoms with E-state index in [4.69, 9.17) is 9.15 Å². The first kappa shape index (κ1) is 20.3. The van der Waals surface area contributed by atoms with Crippen LogP contribution in [0.2, 0.25) is 0 Å². The highest BCUT2D eigenvalue weighted by atomic mass is 79.9. The van der Waals surface area contributed by atoms with Crippen LogP contribution in [0.3, 0.4) is 0 Å². The molecular formula is C23H23BrO4. The van der Waals surface area contributed by atoms with Crippen molar-refractivity contribution in [2.45, 2.75) is 33.1 Å². The number of ketones is 1. The summed E-state index contributed by atoms with van der Waals surface area (Å²) in [6.07, 6.45) is 3.24. The second kappa shape index (κ2) is 9.20. The van der Waals surface area contributed by atoms with Gasteiger partial charge in [0.15, 0.2) is 11.2 Å². The van der Waals surface area contributed by atoms with Gasteiger partial charge in [0, 0.05) is 17.0 Å². The predicted molar refractivity (Wildman–Crippen MR) is 115 cm³/mol. The number of hydrogen-bond acceptors (Lipinski definition) is 4. The monoisotopic (exact) mass is 442 g/mol. The molecule has 4 nitrogen and oxygen atoms in total. The topological polar surface area (TPSA) is 56.5 Å². The number of benzene rings is 2. The molecule has 5 heteroatoms. The number of para-hydroxylation sites is 1. The van der Waals surface area contributed by atoms with Gasteiger partial charge in [-0.3, -0.25) is 9.59 Å². The highest BCUT2D eigenvalue weighted by Crippen LogP contribution is 2.26. The Kier molecular flexibility index (Phi) is 6.68. The number of halogens is 1. The van der Waals surface area contributed by atoms with Crippen molar-refractivity contribution in [3.05, 3.63) is 75.1 Å². The van der Waals surface area contributed by atoms with Gasteiger partial charge >= 0.3 is 0 Å². The van der Waals surface area contributed by atoms with E-state index in [0.29, 0.717) is 23.1 Å². The van der Waals surface area contributed by atoms with Crippen molar-refractivity contribution < 1.29 is 13.9 Å². The maximum atomic E-state index is 12.9. The Balaban J connectivity index is 1.84. The van der Waals surface area contributed by atoms with Gasteiger partial charge in [-0.05, 0) is 68.5 Å². The Morgan fingerprint density at radius 2 is 1.75 bits per heavy atom. The number of ether oxygens (including phenoxy) is 1. The zero-order chi connectivity index (χ0) is 20.1. The second-order valence-corrected chi connectivity index (χ2v) is 7.63. The first-order chi connectivity index (χ1) is 13.5. The zero-order valence-corrected chi connectivity index (χ0v) is 17.7. The van der Waals surface area contributed by atoms with Crippen molar-refractivity contribution in [3.8, 4) is 5.75 Å². The molecule has 0 aliphatic rings. The molecule has 0 unspecified atom stereocenters. The summed E-state index contributed by atoms with van der Waals surface area (Å²) in [7, 11) is 0. The number of fused-ring (bicyclic) bond motifs is 1. The molecule has 3 rings (SSSR count). The molecular weight excluding hydrogens is 420 g/mol. The van der Waals surface area contributed by atoms with E-state index in [1.54, 1.807) is 36.4 Å². The summed E-state index contributed by atoms with van der Waals surface area (Å²) in [5.41, 5.74) is 2.47. The molecule has 0 fully saturated rings. The van der Waals surface area contributed by atoms with E-state index in [1.165, 1.54) is 6.07 Å². The van der Waals surface area contributed by atoms with Gasteiger partial charge in [0.2, 0.25) is 5.78 Å². The van der Waals surface area contributed by atoms with Crippen molar-refractivity contribution in [1.82, 2.24) is 0 Å². The summed E-state index contributed by atoms with van der Waals surface area (Å²) in [5, 5.41) is 1.47. The van der Waals surface area contributed by atoms with E-state index in [1.807, 2.05) is 13.8 Å². The van der Waals surface area contributed by atoms with Crippen LogP contribution in [0.15, 0.2) is 51.7 Å². The van der Waals surface area contributed by atoms with Crippen molar-refractivity contribution in [2.75, 3.05) is 11.9 Å². The molecule has 0 saturated heterocycles. The van der Waals surface area contributed by atoms with Gasteiger partial charge in [0.05, 0.1) is 12.0 Å². The molecule has 0 spiro atoms. The summed E-state index contributed by atoms with van der Waals surface area (Å²) >= 11 is 3.43. The van der Waals surface area contributed by atoms with Crippen molar-refractivity contribution in [1.29, 1.82) is 0 Å². The molecule has 0 atom stereocenters. The number of rotatable bonds is 8. The number of hydrogen-bond donors (Lipinski definition) is 0. The smallest absolute Gasteiger partial charge is 0.228 e.